The molecular weight excluding hydrogens is 188 g/mol. The van der Waals surface area contributed by atoms with Gasteiger partial charge in [0.15, 0.2) is 0 Å². The Kier molecular flexibility index (Phi) is 3.21. The Hall–Kier alpha value is -1.09. The minimum Gasteiger partial charge on any atom is -0.326 e. The smallest absolute Gasteiger partial charge is 0.251 e. The van der Waals surface area contributed by atoms with Crippen LogP contribution < -0.4 is 10.9 Å². The van der Waals surface area contributed by atoms with Gasteiger partial charge in [-0.15, -0.1) is 0 Å². The van der Waals surface area contributed by atoms with Crippen molar-refractivity contribution in [2.45, 2.75) is 38.6 Å². The van der Waals surface area contributed by atoms with Gasteiger partial charge in [-0.25, -0.2) is 0 Å². The van der Waals surface area contributed by atoms with Gasteiger partial charge in [0.05, 0.1) is 0 Å². The molecule has 0 spiro atoms. The Labute approximate surface area is 89.9 Å². The summed E-state index contributed by atoms with van der Waals surface area (Å²) in [7, 11) is 0. The third kappa shape index (κ3) is 2.69. The number of piperidine rings is 1. The number of aromatic nitrogens is 1. The molecule has 1 aliphatic heterocycles. The molecule has 3 nitrogen and oxygen atoms in total. The molecule has 0 amide bonds. The number of rotatable bonds is 2. The lowest BCUT2D eigenvalue weighted by Crippen LogP contribution is -2.37. The Morgan fingerprint density at radius 3 is 2.93 bits per heavy atom. The maximum atomic E-state index is 11.6. The molecule has 1 unspecified atom stereocenters. The van der Waals surface area contributed by atoms with Crippen LogP contribution in [0.4, 0.5) is 0 Å². The van der Waals surface area contributed by atoms with Crippen LogP contribution in [0.25, 0.3) is 0 Å². The summed E-state index contributed by atoms with van der Waals surface area (Å²) in [6.45, 7) is 3.00. The van der Waals surface area contributed by atoms with Crippen LogP contribution in [0, 0.1) is 6.92 Å². The van der Waals surface area contributed by atoms with Gasteiger partial charge in [-0.1, -0.05) is 12.5 Å². The van der Waals surface area contributed by atoms with E-state index in [1.165, 1.54) is 19.3 Å². The molecule has 0 saturated carbocycles. The highest BCUT2D eigenvalue weighted by molar-refractivity contribution is 5.14. The largest absolute Gasteiger partial charge is 0.326 e. The molecule has 0 aliphatic carbocycles. The molecule has 0 radical (unpaired) electrons. The van der Waals surface area contributed by atoms with Crippen molar-refractivity contribution < 1.29 is 0 Å². The first-order valence-electron chi connectivity index (χ1n) is 5.68. The zero-order chi connectivity index (χ0) is 10.7. The SMILES string of the molecule is Cc1ccc(CC2CCCCN2)c(=O)[nH]1. The molecule has 1 atom stereocenters. The molecule has 2 rings (SSSR count). The van der Waals surface area contributed by atoms with Gasteiger partial charge < -0.3 is 10.3 Å². The van der Waals surface area contributed by atoms with E-state index in [0.717, 1.165) is 24.2 Å². The van der Waals surface area contributed by atoms with Crippen LogP contribution in [-0.4, -0.2) is 17.6 Å². The van der Waals surface area contributed by atoms with Crippen molar-refractivity contribution in [1.82, 2.24) is 10.3 Å². The third-order valence-electron chi connectivity index (χ3n) is 3.02. The molecule has 15 heavy (non-hydrogen) atoms. The molecule has 0 aromatic carbocycles. The van der Waals surface area contributed by atoms with E-state index in [1.807, 2.05) is 19.1 Å². The van der Waals surface area contributed by atoms with Crippen LogP contribution >= 0.6 is 0 Å². The first kappa shape index (κ1) is 10.4. The van der Waals surface area contributed by atoms with Crippen molar-refractivity contribution in [3.05, 3.63) is 33.7 Å². The summed E-state index contributed by atoms with van der Waals surface area (Å²) in [5.41, 5.74) is 1.91. The summed E-state index contributed by atoms with van der Waals surface area (Å²) in [6, 6.07) is 4.41. The first-order chi connectivity index (χ1) is 7.25. The lowest BCUT2D eigenvalue weighted by molar-refractivity contribution is 0.398. The summed E-state index contributed by atoms with van der Waals surface area (Å²) < 4.78 is 0. The van der Waals surface area contributed by atoms with E-state index in [2.05, 4.69) is 10.3 Å². The quantitative estimate of drug-likeness (QED) is 0.767. The van der Waals surface area contributed by atoms with Crippen LogP contribution in [0.1, 0.15) is 30.5 Å². The van der Waals surface area contributed by atoms with Crippen LogP contribution in [0.3, 0.4) is 0 Å². The summed E-state index contributed by atoms with van der Waals surface area (Å²) in [4.78, 5) is 14.5. The van der Waals surface area contributed by atoms with Gasteiger partial charge in [0.1, 0.15) is 0 Å². The number of hydrogen-bond donors (Lipinski definition) is 2. The van der Waals surface area contributed by atoms with Gasteiger partial charge in [-0.3, -0.25) is 4.79 Å². The maximum Gasteiger partial charge on any atom is 0.251 e. The van der Waals surface area contributed by atoms with Gasteiger partial charge >= 0.3 is 0 Å². The van der Waals surface area contributed by atoms with E-state index in [-0.39, 0.29) is 5.56 Å². The van der Waals surface area contributed by atoms with Crippen molar-refractivity contribution >= 4 is 0 Å². The zero-order valence-electron chi connectivity index (χ0n) is 9.18. The predicted molar refractivity (Wildman–Crippen MR) is 61.1 cm³/mol. The van der Waals surface area contributed by atoms with Gasteiger partial charge in [-0.05, 0) is 38.8 Å². The van der Waals surface area contributed by atoms with E-state index in [0.29, 0.717) is 6.04 Å². The Morgan fingerprint density at radius 1 is 1.40 bits per heavy atom. The molecule has 2 N–H and O–H groups in total. The molecule has 1 aliphatic rings. The van der Waals surface area contributed by atoms with Crippen LogP contribution in [-0.2, 0) is 6.42 Å². The van der Waals surface area contributed by atoms with Crippen molar-refractivity contribution in [3.8, 4) is 0 Å². The monoisotopic (exact) mass is 206 g/mol. The van der Waals surface area contributed by atoms with Gasteiger partial charge in [0.25, 0.3) is 5.56 Å². The average molecular weight is 206 g/mol. The lowest BCUT2D eigenvalue weighted by atomic mass is 9.98. The van der Waals surface area contributed by atoms with Crippen LogP contribution in [0.2, 0.25) is 0 Å². The zero-order valence-corrected chi connectivity index (χ0v) is 9.18. The number of aromatic amines is 1. The second-order valence-corrected chi connectivity index (χ2v) is 4.35. The molecule has 1 aromatic rings. The molecular formula is C12H18N2O. The molecule has 0 bridgehead atoms. The second kappa shape index (κ2) is 4.62. The summed E-state index contributed by atoms with van der Waals surface area (Å²) >= 11 is 0. The highest BCUT2D eigenvalue weighted by Crippen LogP contribution is 2.10. The van der Waals surface area contributed by atoms with Gasteiger partial charge in [0, 0.05) is 17.3 Å². The molecule has 1 saturated heterocycles. The first-order valence-corrected chi connectivity index (χ1v) is 5.68. The molecule has 3 heteroatoms. The number of aryl methyl sites for hydroxylation is 1. The Morgan fingerprint density at radius 2 is 2.27 bits per heavy atom. The summed E-state index contributed by atoms with van der Waals surface area (Å²) in [6.07, 6.45) is 4.59. The lowest BCUT2D eigenvalue weighted by Gasteiger charge is -2.23. The van der Waals surface area contributed by atoms with Crippen LogP contribution in [0.15, 0.2) is 16.9 Å². The predicted octanol–water partition coefficient (Wildman–Crippen LogP) is 1.37. The minimum absolute atomic E-state index is 0.0716. The molecule has 1 aromatic heterocycles. The van der Waals surface area contributed by atoms with Crippen LogP contribution in [0.5, 0.6) is 0 Å². The Balaban J connectivity index is 2.06. The van der Waals surface area contributed by atoms with E-state index in [1.54, 1.807) is 0 Å². The fourth-order valence-corrected chi connectivity index (χ4v) is 2.13. The van der Waals surface area contributed by atoms with Crippen molar-refractivity contribution in [1.29, 1.82) is 0 Å². The topological polar surface area (TPSA) is 44.9 Å². The highest BCUT2D eigenvalue weighted by atomic mass is 16.1. The number of pyridine rings is 1. The van der Waals surface area contributed by atoms with Crippen molar-refractivity contribution in [3.63, 3.8) is 0 Å². The molecule has 2 heterocycles. The van der Waals surface area contributed by atoms with Crippen molar-refractivity contribution in [2.75, 3.05) is 6.54 Å². The molecule has 1 fully saturated rings. The normalized spacial score (nSPS) is 21.5. The minimum atomic E-state index is 0.0716. The summed E-state index contributed by atoms with van der Waals surface area (Å²) in [5, 5.41) is 3.46. The summed E-state index contributed by atoms with van der Waals surface area (Å²) in [5.74, 6) is 0. The third-order valence-corrected chi connectivity index (χ3v) is 3.02. The fraction of sp³-hybridized carbons (Fsp3) is 0.583. The number of H-pyrrole nitrogens is 1. The van der Waals surface area contributed by atoms with Crippen molar-refractivity contribution in [2.24, 2.45) is 0 Å². The fourth-order valence-electron chi connectivity index (χ4n) is 2.13. The maximum absolute atomic E-state index is 11.6. The highest BCUT2D eigenvalue weighted by Gasteiger charge is 2.14. The second-order valence-electron chi connectivity index (χ2n) is 4.35. The van der Waals surface area contributed by atoms with E-state index in [4.69, 9.17) is 0 Å². The van der Waals surface area contributed by atoms with E-state index >= 15 is 0 Å². The Bertz CT molecular complexity index is 377. The number of nitrogens with one attached hydrogen (secondary N) is 2. The average Bonchev–Trinajstić information content (AvgIpc) is 2.24. The van der Waals surface area contributed by atoms with Gasteiger partial charge in [-0.2, -0.15) is 0 Å². The molecule has 82 valence electrons. The van der Waals surface area contributed by atoms with Gasteiger partial charge in [0.2, 0.25) is 0 Å². The van der Waals surface area contributed by atoms with E-state index in [9.17, 15) is 4.79 Å². The number of hydrogen-bond acceptors (Lipinski definition) is 2. The standard InChI is InChI=1S/C12H18N2O/c1-9-5-6-10(12(15)14-9)8-11-4-2-3-7-13-11/h5-6,11,13H,2-4,7-8H2,1H3,(H,14,15). The van der Waals surface area contributed by atoms with E-state index < -0.39 is 0 Å².